The molecule has 0 saturated carbocycles. The molecule has 5 nitrogen and oxygen atoms in total. The Morgan fingerprint density at radius 3 is 2.46 bits per heavy atom. The minimum Gasteiger partial charge on any atom is -0.337 e. The summed E-state index contributed by atoms with van der Waals surface area (Å²) < 4.78 is 5.22. The molecule has 0 aliphatic heterocycles. The zero-order valence-electron chi connectivity index (χ0n) is 13.3. The van der Waals surface area contributed by atoms with Crippen LogP contribution in [0.25, 0.3) is 17.5 Å². The Morgan fingerprint density at radius 1 is 1.08 bits per heavy atom. The van der Waals surface area contributed by atoms with Crippen molar-refractivity contribution in [2.75, 3.05) is 7.05 Å². The van der Waals surface area contributed by atoms with Crippen LogP contribution >= 0.6 is 0 Å². The molecule has 24 heavy (non-hydrogen) atoms. The average Bonchev–Trinajstić information content (AvgIpc) is 3.10. The van der Waals surface area contributed by atoms with E-state index in [1.54, 1.807) is 13.1 Å². The second kappa shape index (κ2) is 7.37. The van der Waals surface area contributed by atoms with Crippen LogP contribution in [0, 0.1) is 0 Å². The first-order chi connectivity index (χ1) is 11.7. The molecule has 0 saturated heterocycles. The van der Waals surface area contributed by atoms with E-state index >= 15 is 0 Å². The van der Waals surface area contributed by atoms with Crippen molar-refractivity contribution < 1.29 is 9.32 Å². The van der Waals surface area contributed by atoms with Crippen LogP contribution in [0.2, 0.25) is 0 Å². The molecular weight excluding hydrogens is 302 g/mol. The molecule has 0 aliphatic rings. The largest absolute Gasteiger partial charge is 0.337 e. The number of hydrogen-bond acceptors (Lipinski definition) is 4. The predicted molar refractivity (Wildman–Crippen MR) is 91.7 cm³/mol. The van der Waals surface area contributed by atoms with Crippen LogP contribution in [0.4, 0.5) is 0 Å². The van der Waals surface area contributed by atoms with Gasteiger partial charge >= 0.3 is 0 Å². The quantitative estimate of drug-likeness (QED) is 0.676. The van der Waals surface area contributed by atoms with Gasteiger partial charge in [0.1, 0.15) is 0 Å². The van der Waals surface area contributed by atoms with Gasteiger partial charge in [0, 0.05) is 18.7 Å². The number of hydrogen-bond donors (Lipinski definition) is 0. The molecule has 3 aromatic rings. The van der Waals surface area contributed by atoms with Crippen molar-refractivity contribution in [2.45, 2.75) is 6.54 Å². The van der Waals surface area contributed by atoms with Crippen LogP contribution in [0.5, 0.6) is 0 Å². The number of nitrogens with zero attached hydrogens (tertiary/aromatic N) is 3. The van der Waals surface area contributed by atoms with Crippen LogP contribution in [-0.4, -0.2) is 28.0 Å². The van der Waals surface area contributed by atoms with Crippen LogP contribution in [-0.2, 0) is 11.3 Å². The van der Waals surface area contributed by atoms with Crippen molar-refractivity contribution in [3.05, 3.63) is 78.2 Å². The highest BCUT2D eigenvalue weighted by atomic mass is 16.5. The Bertz CT molecular complexity index is 826. The van der Waals surface area contributed by atoms with Crippen LogP contribution in [0.1, 0.15) is 11.5 Å². The lowest BCUT2D eigenvalue weighted by Gasteiger charge is -2.11. The summed E-state index contributed by atoms with van der Waals surface area (Å²) in [5.41, 5.74) is 1.86. The van der Waals surface area contributed by atoms with E-state index in [0.29, 0.717) is 11.7 Å². The van der Waals surface area contributed by atoms with Gasteiger partial charge in [0.15, 0.2) is 0 Å². The summed E-state index contributed by atoms with van der Waals surface area (Å²) in [5.74, 6) is 0.794. The average molecular weight is 319 g/mol. The highest BCUT2D eigenvalue weighted by Crippen LogP contribution is 2.15. The van der Waals surface area contributed by atoms with Gasteiger partial charge < -0.3 is 9.42 Å². The summed E-state index contributed by atoms with van der Waals surface area (Å²) in [4.78, 5) is 18.0. The number of amides is 1. The maximum Gasteiger partial charge on any atom is 0.246 e. The Kier molecular flexibility index (Phi) is 4.81. The zero-order chi connectivity index (χ0) is 16.8. The fraction of sp³-hybridized carbons (Fsp3) is 0.105. The van der Waals surface area contributed by atoms with Gasteiger partial charge in [0.25, 0.3) is 0 Å². The molecule has 1 aromatic heterocycles. The molecule has 1 heterocycles. The molecule has 2 aromatic carbocycles. The Morgan fingerprint density at radius 2 is 1.75 bits per heavy atom. The summed E-state index contributed by atoms with van der Waals surface area (Å²) in [6.07, 6.45) is 3.31. The lowest BCUT2D eigenvalue weighted by atomic mass is 10.2. The highest BCUT2D eigenvalue weighted by molar-refractivity contribution is 5.91. The van der Waals surface area contributed by atoms with Gasteiger partial charge in [-0.3, -0.25) is 4.79 Å². The first kappa shape index (κ1) is 15.7. The Labute approximate surface area is 140 Å². The molecule has 0 atom stereocenters. The number of carbonyl (C=O) groups excluding carboxylic acids is 1. The van der Waals surface area contributed by atoms with E-state index in [-0.39, 0.29) is 12.5 Å². The SMILES string of the molecule is CN(Cc1nc(-c2ccccc2)no1)C(=O)C=Cc1ccccc1. The molecule has 0 fully saturated rings. The van der Waals surface area contributed by atoms with Crippen LogP contribution < -0.4 is 0 Å². The predicted octanol–water partition coefficient (Wildman–Crippen LogP) is 3.41. The third-order valence-electron chi connectivity index (χ3n) is 3.47. The third-order valence-corrected chi connectivity index (χ3v) is 3.47. The molecule has 0 radical (unpaired) electrons. The van der Waals surface area contributed by atoms with Crippen LogP contribution in [0.15, 0.2) is 71.3 Å². The number of aromatic nitrogens is 2. The van der Waals surface area contributed by atoms with E-state index in [1.807, 2.05) is 60.7 Å². The second-order valence-electron chi connectivity index (χ2n) is 5.32. The summed E-state index contributed by atoms with van der Waals surface area (Å²) in [5, 5.41) is 3.95. The summed E-state index contributed by atoms with van der Waals surface area (Å²) in [6.45, 7) is 0.262. The van der Waals surface area contributed by atoms with Crippen molar-refractivity contribution in [3.8, 4) is 11.4 Å². The highest BCUT2D eigenvalue weighted by Gasteiger charge is 2.12. The van der Waals surface area contributed by atoms with Crippen molar-refractivity contribution in [1.29, 1.82) is 0 Å². The normalized spacial score (nSPS) is 10.9. The van der Waals surface area contributed by atoms with Crippen molar-refractivity contribution in [2.24, 2.45) is 0 Å². The molecule has 0 aliphatic carbocycles. The third kappa shape index (κ3) is 3.95. The number of likely N-dealkylation sites (N-methyl/N-ethyl adjacent to an activating group) is 1. The maximum absolute atomic E-state index is 12.1. The maximum atomic E-state index is 12.1. The molecule has 120 valence electrons. The minimum absolute atomic E-state index is 0.127. The van der Waals surface area contributed by atoms with E-state index in [0.717, 1.165) is 11.1 Å². The second-order valence-corrected chi connectivity index (χ2v) is 5.32. The standard InChI is InChI=1S/C19H17N3O2/c1-22(18(23)13-12-15-8-4-2-5-9-15)14-17-20-19(21-24-17)16-10-6-3-7-11-16/h2-13H,14H2,1H3. The van der Waals surface area contributed by atoms with E-state index < -0.39 is 0 Å². The zero-order valence-corrected chi connectivity index (χ0v) is 13.3. The molecule has 1 amide bonds. The summed E-state index contributed by atoms with van der Waals surface area (Å²) >= 11 is 0. The lowest BCUT2D eigenvalue weighted by molar-refractivity contribution is -0.125. The van der Waals surface area contributed by atoms with E-state index in [2.05, 4.69) is 10.1 Å². The van der Waals surface area contributed by atoms with E-state index in [9.17, 15) is 4.79 Å². The lowest BCUT2D eigenvalue weighted by Crippen LogP contribution is -2.24. The van der Waals surface area contributed by atoms with Crippen molar-refractivity contribution >= 4 is 12.0 Å². The first-order valence-electron chi connectivity index (χ1n) is 7.58. The van der Waals surface area contributed by atoms with Gasteiger partial charge in [-0.2, -0.15) is 4.98 Å². The molecule has 5 heteroatoms. The van der Waals surface area contributed by atoms with E-state index in [4.69, 9.17) is 4.52 Å². The number of benzene rings is 2. The van der Waals surface area contributed by atoms with Crippen LogP contribution in [0.3, 0.4) is 0 Å². The number of rotatable bonds is 5. The van der Waals surface area contributed by atoms with Gasteiger partial charge in [-0.25, -0.2) is 0 Å². The van der Waals surface area contributed by atoms with Gasteiger partial charge in [-0.1, -0.05) is 65.8 Å². The van der Waals surface area contributed by atoms with Crippen molar-refractivity contribution in [1.82, 2.24) is 15.0 Å². The fourth-order valence-corrected chi connectivity index (χ4v) is 2.16. The topological polar surface area (TPSA) is 59.2 Å². The molecule has 3 rings (SSSR count). The number of carbonyl (C=O) groups is 1. The molecule has 0 spiro atoms. The smallest absolute Gasteiger partial charge is 0.246 e. The van der Waals surface area contributed by atoms with Gasteiger partial charge in [0.2, 0.25) is 17.6 Å². The van der Waals surface area contributed by atoms with Gasteiger partial charge in [0.05, 0.1) is 6.54 Å². The first-order valence-corrected chi connectivity index (χ1v) is 7.58. The molecule has 0 bridgehead atoms. The monoisotopic (exact) mass is 319 g/mol. The Balaban J connectivity index is 1.62. The molecular formula is C19H17N3O2. The summed E-state index contributed by atoms with van der Waals surface area (Å²) in [6, 6.07) is 19.2. The Hall–Kier alpha value is -3.21. The van der Waals surface area contributed by atoms with Crippen molar-refractivity contribution in [3.63, 3.8) is 0 Å². The van der Waals surface area contributed by atoms with E-state index in [1.165, 1.54) is 11.0 Å². The molecule has 0 N–H and O–H groups in total. The minimum atomic E-state index is -0.127. The van der Waals surface area contributed by atoms with Gasteiger partial charge in [-0.05, 0) is 11.6 Å². The fourth-order valence-electron chi connectivity index (χ4n) is 2.16. The molecule has 0 unspecified atom stereocenters. The summed E-state index contributed by atoms with van der Waals surface area (Å²) in [7, 11) is 1.70. The van der Waals surface area contributed by atoms with Gasteiger partial charge in [-0.15, -0.1) is 0 Å².